The Morgan fingerprint density at radius 2 is 1.34 bits per heavy atom. The van der Waals surface area contributed by atoms with Crippen LogP contribution < -0.4 is 5.32 Å². The maximum absolute atomic E-state index is 6.55. The van der Waals surface area contributed by atoms with Gasteiger partial charge in [-0.1, -0.05) is 127 Å². The van der Waals surface area contributed by atoms with E-state index in [1.54, 1.807) is 0 Å². The predicted octanol–water partition coefficient (Wildman–Crippen LogP) is 10.4. The van der Waals surface area contributed by atoms with E-state index in [-0.39, 0.29) is 6.17 Å². The van der Waals surface area contributed by atoms with Gasteiger partial charge in [-0.2, -0.15) is 0 Å². The Morgan fingerprint density at radius 3 is 2.11 bits per heavy atom. The second kappa shape index (κ2) is 11.3. The number of rotatable bonds is 5. The van der Waals surface area contributed by atoms with Gasteiger partial charge in [-0.15, -0.1) is 18.3 Å². The molecule has 0 saturated heterocycles. The molecule has 1 atom stereocenters. The highest BCUT2D eigenvalue weighted by molar-refractivity contribution is 6.16. The van der Waals surface area contributed by atoms with Crippen LogP contribution in [0.4, 0.5) is 5.69 Å². The molecular weight excluding hydrogens is 576 g/mol. The average molecular weight is 606 g/mol. The van der Waals surface area contributed by atoms with Crippen molar-refractivity contribution in [1.82, 2.24) is 5.32 Å². The molecule has 9 rings (SSSR count). The van der Waals surface area contributed by atoms with Crippen LogP contribution in [0.1, 0.15) is 28.4 Å². The van der Waals surface area contributed by atoms with Crippen LogP contribution in [0, 0.1) is 0 Å². The van der Waals surface area contributed by atoms with Crippen LogP contribution in [-0.4, -0.2) is 18.2 Å². The van der Waals surface area contributed by atoms with Gasteiger partial charge in [0.2, 0.25) is 0 Å². The van der Waals surface area contributed by atoms with Gasteiger partial charge in [0.15, 0.2) is 5.84 Å². The number of hydrogen-bond donors (Lipinski definition) is 1. The molecule has 5 heteroatoms. The summed E-state index contributed by atoms with van der Waals surface area (Å²) >= 11 is 0. The van der Waals surface area contributed by atoms with Crippen LogP contribution in [-0.2, 0) is 0 Å². The van der Waals surface area contributed by atoms with Gasteiger partial charge in [-0.3, -0.25) is 0 Å². The quantitative estimate of drug-likeness (QED) is 0.212. The fourth-order valence-electron chi connectivity index (χ4n) is 6.51. The highest BCUT2D eigenvalue weighted by Crippen LogP contribution is 2.43. The lowest BCUT2D eigenvalue weighted by molar-refractivity contribution is 0.669. The summed E-state index contributed by atoms with van der Waals surface area (Å²) in [5.41, 5.74) is 11.3. The van der Waals surface area contributed by atoms with Crippen molar-refractivity contribution in [3.8, 4) is 22.3 Å². The zero-order chi connectivity index (χ0) is 31.2. The van der Waals surface area contributed by atoms with Crippen molar-refractivity contribution in [3.63, 3.8) is 0 Å². The van der Waals surface area contributed by atoms with Crippen molar-refractivity contribution in [2.45, 2.75) is 6.17 Å². The van der Waals surface area contributed by atoms with E-state index < -0.39 is 0 Å². The van der Waals surface area contributed by atoms with Gasteiger partial charge in [-0.05, 0) is 51.6 Å². The summed E-state index contributed by atoms with van der Waals surface area (Å²) in [4.78, 5) is 9.99. The maximum Gasteiger partial charge on any atom is 0.159 e. The molecule has 3 heterocycles. The molecule has 47 heavy (non-hydrogen) atoms. The monoisotopic (exact) mass is 605 g/mol. The normalized spacial score (nSPS) is 15.4. The van der Waals surface area contributed by atoms with Crippen LogP contribution in [0.5, 0.6) is 0 Å². The van der Waals surface area contributed by atoms with Crippen molar-refractivity contribution in [3.05, 3.63) is 173 Å². The van der Waals surface area contributed by atoms with Gasteiger partial charge in [0, 0.05) is 21.9 Å². The number of hydrogen-bond acceptors (Lipinski definition) is 4. The zero-order valence-electron chi connectivity index (χ0n) is 25.5. The molecule has 0 bridgehead atoms. The van der Waals surface area contributed by atoms with E-state index >= 15 is 0 Å². The number of furan rings is 1. The van der Waals surface area contributed by atoms with E-state index in [1.165, 1.54) is 0 Å². The Kier molecular flexibility index (Phi) is 6.53. The van der Waals surface area contributed by atoms with E-state index in [9.17, 15) is 0 Å². The van der Waals surface area contributed by atoms with Gasteiger partial charge in [0.25, 0.3) is 0 Å². The summed E-state index contributed by atoms with van der Waals surface area (Å²) in [5, 5.41) is 10.5. The van der Waals surface area contributed by atoms with Crippen LogP contribution in [0.15, 0.2) is 160 Å². The van der Waals surface area contributed by atoms with Crippen molar-refractivity contribution < 1.29 is 4.42 Å². The Morgan fingerprint density at radius 1 is 0.638 bits per heavy atom. The number of nitrogens with one attached hydrogen (secondary N) is 1. The second-order valence-corrected chi connectivity index (χ2v) is 11.8. The summed E-state index contributed by atoms with van der Waals surface area (Å²) in [5.74, 6) is 1.50. The molecule has 0 spiro atoms. The molecule has 0 aliphatic carbocycles. The highest BCUT2D eigenvalue weighted by Gasteiger charge is 2.22. The van der Waals surface area contributed by atoms with Crippen molar-refractivity contribution >= 4 is 45.4 Å². The smallest absolute Gasteiger partial charge is 0.159 e. The van der Waals surface area contributed by atoms with E-state index in [4.69, 9.17) is 19.7 Å². The Balaban J connectivity index is 1.17. The number of benzene rings is 6. The van der Waals surface area contributed by atoms with Crippen molar-refractivity contribution in [1.29, 1.82) is 0 Å². The molecule has 6 aromatic carbocycles. The fraction of sp³-hybridized carbons (Fsp3) is 0.0476. The van der Waals surface area contributed by atoms with E-state index in [2.05, 4.69) is 115 Å². The molecular formula is C42H29N4O-. The number of fused-ring (bicyclic) bond motifs is 4. The lowest BCUT2D eigenvalue weighted by Gasteiger charge is -2.25. The molecule has 1 aromatic heterocycles. The predicted molar refractivity (Wildman–Crippen MR) is 193 cm³/mol. The zero-order valence-corrected chi connectivity index (χ0v) is 25.5. The molecule has 0 radical (unpaired) electrons. The van der Waals surface area contributed by atoms with Crippen LogP contribution >= 0.6 is 0 Å². The molecule has 0 saturated carbocycles. The number of nitrogens with zero attached hydrogens (tertiary/aromatic N) is 3. The summed E-state index contributed by atoms with van der Waals surface area (Å²) in [6, 6.07) is 48.3. The molecule has 1 unspecified atom stereocenters. The summed E-state index contributed by atoms with van der Waals surface area (Å²) in [6.07, 6.45) is 3.96. The van der Waals surface area contributed by atoms with Gasteiger partial charge in [-0.25, -0.2) is 9.98 Å². The second-order valence-electron chi connectivity index (χ2n) is 11.8. The van der Waals surface area contributed by atoms with E-state index in [1.807, 2.05) is 42.5 Å². The average Bonchev–Trinajstić information content (AvgIpc) is 3.51. The largest absolute Gasteiger partial charge is 0.681 e. The summed E-state index contributed by atoms with van der Waals surface area (Å²) in [6.45, 7) is 0.695. The third-order valence-corrected chi connectivity index (χ3v) is 8.85. The maximum atomic E-state index is 6.55. The molecule has 5 nitrogen and oxygen atoms in total. The fourth-order valence-corrected chi connectivity index (χ4v) is 6.51. The molecule has 7 aromatic rings. The Labute approximate surface area is 272 Å². The third-order valence-electron chi connectivity index (χ3n) is 8.85. The lowest BCUT2D eigenvalue weighted by Crippen LogP contribution is -2.33. The third kappa shape index (κ3) is 4.99. The molecule has 0 amide bonds. The molecule has 2 aliphatic rings. The van der Waals surface area contributed by atoms with Crippen LogP contribution in [0.25, 0.3) is 55.6 Å². The minimum absolute atomic E-state index is 0.246. The van der Waals surface area contributed by atoms with Crippen LogP contribution in [0.3, 0.4) is 0 Å². The Hall–Kier alpha value is -6.20. The first-order chi connectivity index (χ1) is 23.3. The molecule has 2 aliphatic heterocycles. The van der Waals surface area contributed by atoms with Gasteiger partial charge in [0.05, 0.1) is 0 Å². The number of aliphatic imine (C=N–C) groups is 2. The minimum Gasteiger partial charge on any atom is -0.681 e. The van der Waals surface area contributed by atoms with Gasteiger partial charge < -0.3 is 15.1 Å². The highest BCUT2D eigenvalue weighted by atomic mass is 16.3. The van der Waals surface area contributed by atoms with Crippen LogP contribution in [0.2, 0.25) is 0 Å². The Bertz CT molecular complexity index is 2350. The topological polar surface area (TPSA) is 64.0 Å². The first-order valence-electron chi connectivity index (χ1n) is 15.8. The van der Waals surface area contributed by atoms with Gasteiger partial charge in [0.1, 0.15) is 23.2 Å². The minimum atomic E-state index is -0.246. The molecule has 224 valence electrons. The van der Waals surface area contributed by atoms with E-state index in [0.29, 0.717) is 12.4 Å². The van der Waals surface area contributed by atoms with E-state index in [0.717, 1.165) is 78.0 Å². The van der Waals surface area contributed by atoms with Crippen molar-refractivity contribution in [2.24, 2.45) is 9.98 Å². The summed E-state index contributed by atoms with van der Waals surface area (Å²) < 4.78 is 6.55. The van der Waals surface area contributed by atoms with Crippen molar-refractivity contribution in [2.75, 3.05) is 6.54 Å². The molecule has 0 fully saturated rings. The molecule has 1 N–H and O–H groups in total. The standard InChI is InChI=1S/C42H29N4O/c1-4-11-27(12-5-1)33-23-34(39-35-26-36-32(17-10-22-43-36)24-37(35)47-38(39)25-33)28-18-20-31(21-19-28)42-45-40(29-13-6-2-7-14-29)44-41(46-42)30-15-8-3-9-16-30/h1-21,23-26,40H,22H2,(H,44,45,46)/q-1. The van der Waals surface area contributed by atoms with Gasteiger partial charge >= 0.3 is 0 Å². The first-order valence-corrected chi connectivity index (χ1v) is 15.8. The SMILES string of the molecule is C1=Cc2cc3oc4cc(-c5ccccc5)cc(-c5ccc(C6=NC(c7ccccc7)=NC(c7ccccc7)N6)cc5)c4c3cc2[N-]C1. The number of amidine groups is 2. The lowest BCUT2D eigenvalue weighted by atomic mass is 9.93. The first kappa shape index (κ1) is 27.1. The summed E-state index contributed by atoms with van der Waals surface area (Å²) in [7, 11) is 0.